The summed E-state index contributed by atoms with van der Waals surface area (Å²) >= 11 is 6.22. The average molecular weight is 460 g/mol. The maximum absolute atomic E-state index is 12.9. The van der Waals surface area contributed by atoms with Crippen LogP contribution in [-0.4, -0.2) is 32.3 Å². The molecule has 2 aromatic rings. The lowest BCUT2D eigenvalue weighted by Gasteiger charge is -2.29. The number of halogens is 1. The molecule has 1 saturated heterocycles. The van der Waals surface area contributed by atoms with Crippen molar-refractivity contribution in [1.82, 2.24) is 4.90 Å². The highest BCUT2D eigenvalue weighted by molar-refractivity contribution is 7.92. The number of aryl methyl sites for hydroxylation is 1. The molecule has 1 aliphatic rings. The van der Waals surface area contributed by atoms with E-state index in [4.69, 9.17) is 16.9 Å². The SMILES string of the molecule is CCCCc1ccc(NS(=O)(=O)c2ccc(Cl)c(C(=O)N3CCC(C#N)CC3)c2)cc1. The molecule has 0 spiro atoms. The third-order valence-corrected chi connectivity index (χ3v) is 7.18. The Morgan fingerprint density at radius 2 is 1.87 bits per heavy atom. The number of carbonyl (C=O) groups is 1. The quantitative estimate of drug-likeness (QED) is 0.640. The summed E-state index contributed by atoms with van der Waals surface area (Å²) in [6.07, 6.45) is 4.35. The first-order chi connectivity index (χ1) is 14.8. The largest absolute Gasteiger partial charge is 0.339 e. The van der Waals surface area contributed by atoms with E-state index in [9.17, 15) is 13.2 Å². The number of nitriles is 1. The number of carbonyl (C=O) groups excluding carboxylic acids is 1. The second-order valence-electron chi connectivity index (χ2n) is 7.74. The standard InChI is InChI=1S/C23H26ClN3O3S/c1-2-3-4-17-5-7-19(8-6-17)26-31(29,30)20-9-10-22(24)21(15-20)23(28)27-13-11-18(16-25)12-14-27/h5-10,15,18,26H,2-4,11-14H2,1H3. The summed E-state index contributed by atoms with van der Waals surface area (Å²) in [5.74, 6) is -0.373. The monoisotopic (exact) mass is 459 g/mol. The number of hydrogen-bond donors (Lipinski definition) is 1. The molecule has 0 bridgehead atoms. The summed E-state index contributed by atoms with van der Waals surface area (Å²) in [6, 6.07) is 13.7. The van der Waals surface area contributed by atoms with Crippen LogP contribution in [0.2, 0.25) is 5.02 Å². The molecule has 0 saturated carbocycles. The fourth-order valence-corrected chi connectivity index (χ4v) is 4.83. The van der Waals surface area contributed by atoms with E-state index in [0.29, 0.717) is 31.6 Å². The van der Waals surface area contributed by atoms with E-state index in [1.807, 2.05) is 12.1 Å². The van der Waals surface area contributed by atoms with Crippen LogP contribution in [0.15, 0.2) is 47.4 Å². The minimum absolute atomic E-state index is 0.0257. The van der Waals surface area contributed by atoms with E-state index in [1.54, 1.807) is 17.0 Å². The molecule has 31 heavy (non-hydrogen) atoms. The van der Waals surface area contributed by atoms with Gasteiger partial charge in [0.2, 0.25) is 0 Å². The lowest BCUT2D eigenvalue weighted by Crippen LogP contribution is -2.38. The van der Waals surface area contributed by atoms with Crippen molar-refractivity contribution in [3.63, 3.8) is 0 Å². The Balaban J connectivity index is 1.76. The molecule has 8 heteroatoms. The second-order valence-corrected chi connectivity index (χ2v) is 9.83. The van der Waals surface area contributed by atoms with Gasteiger partial charge in [0.15, 0.2) is 0 Å². The number of likely N-dealkylation sites (tertiary alicyclic amines) is 1. The van der Waals surface area contributed by atoms with Gasteiger partial charge in [-0.3, -0.25) is 9.52 Å². The molecule has 0 aliphatic carbocycles. The van der Waals surface area contributed by atoms with Crippen LogP contribution in [-0.2, 0) is 16.4 Å². The van der Waals surface area contributed by atoms with Gasteiger partial charge in [0.1, 0.15) is 0 Å². The van der Waals surface area contributed by atoms with Gasteiger partial charge in [-0.25, -0.2) is 8.42 Å². The molecule has 2 aromatic carbocycles. The van der Waals surface area contributed by atoms with Crippen molar-refractivity contribution in [2.75, 3.05) is 17.8 Å². The van der Waals surface area contributed by atoms with Crippen LogP contribution in [0.25, 0.3) is 0 Å². The van der Waals surface area contributed by atoms with Crippen LogP contribution >= 0.6 is 11.6 Å². The maximum Gasteiger partial charge on any atom is 0.261 e. The van der Waals surface area contributed by atoms with Gasteiger partial charge in [0.25, 0.3) is 15.9 Å². The van der Waals surface area contributed by atoms with Crippen LogP contribution < -0.4 is 4.72 Å². The first-order valence-corrected chi connectivity index (χ1v) is 12.3. The predicted octanol–water partition coefficient (Wildman–Crippen LogP) is 4.86. The molecule has 0 unspecified atom stereocenters. The van der Waals surface area contributed by atoms with E-state index in [0.717, 1.165) is 24.8 Å². The summed E-state index contributed by atoms with van der Waals surface area (Å²) in [5, 5.41) is 9.23. The van der Waals surface area contributed by atoms with Crippen molar-refractivity contribution in [3.05, 3.63) is 58.6 Å². The molecule has 1 amide bonds. The minimum Gasteiger partial charge on any atom is -0.339 e. The number of benzene rings is 2. The smallest absolute Gasteiger partial charge is 0.261 e. The number of amides is 1. The van der Waals surface area contributed by atoms with Gasteiger partial charge in [0.05, 0.1) is 21.6 Å². The number of piperidine rings is 1. The number of sulfonamides is 1. The summed E-state index contributed by atoms with van der Waals surface area (Å²) in [4.78, 5) is 14.5. The first-order valence-electron chi connectivity index (χ1n) is 10.4. The summed E-state index contributed by atoms with van der Waals surface area (Å²) < 4.78 is 28.3. The Morgan fingerprint density at radius 3 is 2.48 bits per heavy atom. The molecule has 164 valence electrons. The normalized spacial score (nSPS) is 14.8. The number of nitrogens with zero attached hydrogens (tertiary/aromatic N) is 2. The van der Waals surface area contributed by atoms with Crippen LogP contribution in [0.5, 0.6) is 0 Å². The molecular weight excluding hydrogens is 434 g/mol. The molecular formula is C23H26ClN3O3S. The van der Waals surface area contributed by atoms with Crippen molar-refractivity contribution in [3.8, 4) is 6.07 Å². The Bertz CT molecular complexity index is 1070. The topological polar surface area (TPSA) is 90.3 Å². The number of rotatable bonds is 7. The molecule has 6 nitrogen and oxygen atoms in total. The fourth-order valence-electron chi connectivity index (χ4n) is 3.55. The zero-order valence-corrected chi connectivity index (χ0v) is 19.0. The summed E-state index contributed by atoms with van der Waals surface area (Å²) in [7, 11) is -3.88. The third kappa shape index (κ3) is 5.78. The number of anilines is 1. The van der Waals surface area contributed by atoms with Crippen molar-refractivity contribution in [2.45, 2.75) is 43.9 Å². The minimum atomic E-state index is -3.88. The highest BCUT2D eigenvalue weighted by atomic mass is 35.5. The summed E-state index contributed by atoms with van der Waals surface area (Å²) in [5.41, 5.74) is 1.76. The molecule has 1 heterocycles. The van der Waals surface area contributed by atoms with Gasteiger partial charge in [0, 0.05) is 24.7 Å². The van der Waals surface area contributed by atoms with Gasteiger partial charge in [-0.2, -0.15) is 5.26 Å². The first kappa shape index (κ1) is 23.1. The third-order valence-electron chi connectivity index (χ3n) is 5.47. The van der Waals surface area contributed by atoms with E-state index in [2.05, 4.69) is 17.7 Å². The Labute approximate surface area is 188 Å². The van der Waals surface area contributed by atoms with E-state index in [-0.39, 0.29) is 27.3 Å². The maximum atomic E-state index is 12.9. The molecule has 0 atom stereocenters. The second kappa shape index (κ2) is 10.2. The van der Waals surface area contributed by atoms with Crippen LogP contribution in [0.4, 0.5) is 5.69 Å². The van der Waals surface area contributed by atoms with Gasteiger partial charge in [-0.1, -0.05) is 37.1 Å². The Kier molecular flexibility index (Phi) is 7.58. The fraction of sp³-hybridized carbons (Fsp3) is 0.391. The lowest BCUT2D eigenvalue weighted by atomic mass is 9.98. The number of unbranched alkanes of at least 4 members (excludes halogenated alkanes) is 1. The van der Waals surface area contributed by atoms with Gasteiger partial charge in [-0.15, -0.1) is 0 Å². The van der Waals surface area contributed by atoms with E-state index >= 15 is 0 Å². The molecule has 1 aliphatic heterocycles. The van der Waals surface area contributed by atoms with Crippen molar-refractivity contribution in [1.29, 1.82) is 5.26 Å². The molecule has 1 fully saturated rings. The molecule has 1 N–H and O–H groups in total. The van der Waals surface area contributed by atoms with Gasteiger partial charge in [-0.05, 0) is 61.6 Å². The number of hydrogen-bond acceptors (Lipinski definition) is 4. The predicted molar refractivity (Wildman–Crippen MR) is 122 cm³/mol. The van der Waals surface area contributed by atoms with E-state index < -0.39 is 10.0 Å². The van der Waals surface area contributed by atoms with Crippen molar-refractivity contribution >= 4 is 33.2 Å². The van der Waals surface area contributed by atoms with Crippen LogP contribution in [0.3, 0.4) is 0 Å². The zero-order valence-electron chi connectivity index (χ0n) is 17.5. The van der Waals surface area contributed by atoms with Gasteiger partial charge >= 0.3 is 0 Å². The highest BCUT2D eigenvalue weighted by Gasteiger charge is 2.26. The van der Waals surface area contributed by atoms with Crippen molar-refractivity contribution < 1.29 is 13.2 Å². The highest BCUT2D eigenvalue weighted by Crippen LogP contribution is 2.26. The zero-order chi connectivity index (χ0) is 22.4. The molecule has 0 aromatic heterocycles. The van der Waals surface area contributed by atoms with Crippen molar-refractivity contribution in [2.24, 2.45) is 5.92 Å². The van der Waals surface area contributed by atoms with Gasteiger partial charge < -0.3 is 4.90 Å². The van der Waals surface area contributed by atoms with Crippen LogP contribution in [0, 0.1) is 17.2 Å². The van der Waals surface area contributed by atoms with E-state index in [1.165, 1.54) is 18.2 Å². The summed E-state index contributed by atoms with van der Waals surface area (Å²) in [6.45, 7) is 3.03. The lowest BCUT2D eigenvalue weighted by molar-refractivity contribution is 0.0707. The molecule has 0 radical (unpaired) electrons. The average Bonchev–Trinajstić information content (AvgIpc) is 2.78. The number of nitrogens with one attached hydrogen (secondary N) is 1. The molecule has 3 rings (SSSR count). The van der Waals surface area contributed by atoms with Crippen LogP contribution in [0.1, 0.15) is 48.5 Å². The Morgan fingerprint density at radius 1 is 1.19 bits per heavy atom. The Hall–Kier alpha value is -2.56.